The number of ether oxygens (including phenoxy) is 2. The van der Waals surface area contributed by atoms with Crippen molar-refractivity contribution in [2.45, 2.75) is 38.8 Å². The van der Waals surface area contributed by atoms with Crippen molar-refractivity contribution in [1.82, 2.24) is 10.6 Å². The molecule has 0 radical (unpaired) electrons. The summed E-state index contributed by atoms with van der Waals surface area (Å²) in [4.78, 5) is 35.0. The highest BCUT2D eigenvalue weighted by atomic mass is 16.5. The molecule has 7 heteroatoms. The fourth-order valence-electron chi connectivity index (χ4n) is 1.97. The number of nitrogens with one attached hydrogen (secondary N) is 2. The number of rotatable bonds is 9. The lowest BCUT2D eigenvalue weighted by Crippen LogP contribution is -2.46. The second-order valence-electron chi connectivity index (χ2n) is 5.20. The maximum atomic E-state index is 11.8. The Morgan fingerprint density at radius 3 is 2.50 bits per heavy atom. The van der Waals surface area contributed by atoms with Crippen LogP contribution in [0.1, 0.15) is 31.7 Å². The first-order valence-electron chi connectivity index (χ1n) is 7.88. The largest absolute Gasteiger partial charge is 0.467 e. The van der Waals surface area contributed by atoms with Gasteiger partial charge in [0.25, 0.3) is 0 Å². The molecule has 2 N–H and O–H groups in total. The SMILES string of the molecule is CCCCC(NC(=O)CNC(=O)OCc1ccccc1)C(=O)OC. The molecule has 1 aromatic carbocycles. The van der Waals surface area contributed by atoms with Crippen LogP contribution in [0.15, 0.2) is 30.3 Å². The Kier molecular flexibility index (Phi) is 8.96. The molecule has 0 bridgehead atoms. The number of hydrogen-bond acceptors (Lipinski definition) is 5. The molecule has 2 amide bonds. The monoisotopic (exact) mass is 336 g/mol. The van der Waals surface area contributed by atoms with E-state index in [0.717, 1.165) is 18.4 Å². The van der Waals surface area contributed by atoms with Crippen molar-refractivity contribution in [3.63, 3.8) is 0 Å². The molecule has 0 aromatic heterocycles. The van der Waals surface area contributed by atoms with Gasteiger partial charge >= 0.3 is 12.1 Å². The fraction of sp³-hybridized carbons (Fsp3) is 0.471. The van der Waals surface area contributed by atoms with Crippen molar-refractivity contribution >= 4 is 18.0 Å². The molecule has 0 spiro atoms. The van der Waals surface area contributed by atoms with Crippen molar-refractivity contribution in [2.24, 2.45) is 0 Å². The third kappa shape index (κ3) is 7.62. The van der Waals surface area contributed by atoms with E-state index in [1.54, 1.807) is 0 Å². The van der Waals surface area contributed by atoms with Gasteiger partial charge in [-0.25, -0.2) is 9.59 Å². The maximum Gasteiger partial charge on any atom is 0.407 e. The van der Waals surface area contributed by atoms with Crippen molar-refractivity contribution in [3.8, 4) is 0 Å². The summed E-state index contributed by atoms with van der Waals surface area (Å²) in [6, 6.07) is 8.50. The van der Waals surface area contributed by atoms with E-state index in [1.807, 2.05) is 37.3 Å². The number of alkyl carbamates (subject to hydrolysis) is 1. The highest BCUT2D eigenvalue weighted by Gasteiger charge is 2.20. The maximum absolute atomic E-state index is 11.8. The van der Waals surface area contributed by atoms with E-state index < -0.39 is 24.0 Å². The average Bonchev–Trinajstić information content (AvgIpc) is 2.61. The quantitative estimate of drug-likeness (QED) is 0.670. The molecule has 0 aliphatic rings. The first-order chi connectivity index (χ1) is 11.6. The van der Waals surface area contributed by atoms with E-state index in [9.17, 15) is 14.4 Å². The molecule has 132 valence electrons. The minimum Gasteiger partial charge on any atom is -0.467 e. The molecule has 0 heterocycles. The van der Waals surface area contributed by atoms with E-state index in [-0.39, 0.29) is 13.2 Å². The summed E-state index contributed by atoms with van der Waals surface area (Å²) >= 11 is 0. The van der Waals surface area contributed by atoms with Crippen LogP contribution in [0.25, 0.3) is 0 Å². The molecule has 0 saturated heterocycles. The first kappa shape index (κ1) is 19.5. The number of carbonyl (C=O) groups excluding carboxylic acids is 3. The fourth-order valence-corrected chi connectivity index (χ4v) is 1.97. The zero-order valence-electron chi connectivity index (χ0n) is 14.0. The van der Waals surface area contributed by atoms with E-state index in [1.165, 1.54) is 7.11 Å². The number of carbonyl (C=O) groups is 3. The van der Waals surface area contributed by atoms with Gasteiger partial charge in [-0.05, 0) is 12.0 Å². The number of amides is 2. The van der Waals surface area contributed by atoms with Crippen LogP contribution >= 0.6 is 0 Å². The predicted molar refractivity (Wildman–Crippen MR) is 88.1 cm³/mol. The van der Waals surface area contributed by atoms with Gasteiger partial charge < -0.3 is 20.1 Å². The summed E-state index contributed by atoms with van der Waals surface area (Å²) in [5.41, 5.74) is 0.849. The lowest BCUT2D eigenvalue weighted by Gasteiger charge is -2.16. The van der Waals surface area contributed by atoms with Crippen molar-refractivity contribution in [2.75, 3.05) is 13.7 Å². The number of benzene rings is 1. The number of methoxy groups -OCH3 is 1. The molecule has 1 atom stereocenters. The van der Waals surface area contributed by atoms with Crippen LogP contribution in [-0.4, -0.2) is 37.7 Å². The Morgan fingerprint density at radius 1 is 1.17 bits per heavy atom. The summed E-state index contributed by atoms with van der Waals surface area (Å²) in [5.74, 6) is -0.971. The van der Waals surface area contributed by atoms with Gasteiger partial charge in [0.15, 0.2) is 0 Å². The lowest BCUT2D eigenvalue weighted by atomic mass is 10.1. The van der Waals surface area contributed by atoms with Crippen LogP contribution in [0.5, 0.6) is 0 Å². The third-order valence-corrected chi connectivity index (χ3v) is 3.27. The Hall–Kier alpha value is -2.57. The second kappa shape index (κ2) is 11.0. The molecule has 0 fully saturated rings. The van der Waals surface area contributed by atoms with Gasteiger partial charge in [-0.2, -0.15) is 0 Å². The molecule has 0 saturated carbocycles. The molecule has 1 unspecified atom stereocenters. The molecular weight excluding hydrogens is 312 g/mol. The summed E-state index contributed by atoms with van der Waals surface area (Å²) in [6.07, 6.45) is 1.48. The lowest BCUT2D eigenvalue weighted by molar-refractivity contribution is -0.145. The summed E-state index contributed by atoms with van der Waals surface area (Å²) in [5, 5.41) is 4.89. The Morgan fingerprint density at radius 2 is 1.88 bits per heavy atom. The highest BCUT2D eigenvalue weighted by molar-refractivity contribution is 5.87. The number of hydrogen-bond donors (Lipinski definition) is 2. The zero-order valence-corrected chi connectivity index (χ0v) is 14.0. The van der Waals surface area contributed by atoms with Crippen LogP contribution in [0.4, 0.5) is 4.79 Å². The Labute approximate surface area is 141 Å². The van der Waals surface area contributed by atoms with E-state index in [2.05, 4.69) is 15.4 Å². The summed E-state index contributed by atoms with van der Waals surface area (Å²) in [7, 11) is 1.27. The smallest absolute Gasteiger partial charge is 0.407 e. The van der Waals surface area contributed by atoms with Gasteiger partial charge in [-0.1, -0.05) is 50.1 Å². The van der Waals surface area contributed by atoms with Crippen LogP contribution in [0, 0.1) is 0 Å². The second-order valence-corrected chi connectivity index (χ2v) is 5.20. The van der Waals surface area contributed by atoms with Gasteiger partial charge in [-0.15, -0.1) is 0 Å². The van der Waals surface area contributed by atoms with Crippen LogP contribution in [0.3, 0.4) is 0 Å². The van der Waals surface area contributed by atoms with Gasteiger partial charge in [0, 0.05) is 0 Å². The van der Waals surface area contributed by atoms with E-state index in [4.69, 9.17) is 4.74 Å². The van der Waals surface area contributed by atoms with Crippen LogP contribution in [0.2, 0.25) is 0 Å². The zero-order chi connectivity index (χ0) is 17.8. The van der Waals surface area contributed by atoms with Gasteiger partial charge in [-0.3, -0.25) is 4.79 Å². The molecule has 1 rings (SSSR count). The summed E-state index contributed by atoms with van der Waals surface area (Å²) in [6.45, 7) is 1.84. The van der Waals surface area contributed by atoms with Gasteiger partial charge in [0.2, 0.25) is 5.91 Å². The number of unbranched alkanes of at least 4 members (excludes halogenated alkanes) is 1. The van der Waals surface area contributed by atoms with Crippen molar-refractivity contribution < 1.29 is 23.9 Å². The normalized spacial score (nSPS) is 11.2. The van der Waals surface area contributed by atoms with E-state index in [0.29, 0.717) is 6.42 Å². The average molecular weight is 336 g/mol. The van der Waals surface area contributed by atoms with Crippen molar-refractivity contribution in [1.29, 1.82) is 0 Å². The van der Waals surface area contributed by atoms with Crippen LogP contribution < -0.4 is 10.6 Å². The van der Waals surface area contributed by atoms with Gasteiger partial charge in [0.1, 0.15) is 19.2 Å². The minimum absolute atomic E-state index is 0.121. The molecular formula is C17H24N2O5. The number of esters is 1. The molecule has 24 heavy (non-hydrogen) atoms. The molecule has 0 aliphatic heterocycles. The van der Waals surface area contributed by atoms with Crippen molar-refractivity contribution in [3.05, 3.63) is 35.9 Å². The molecule has 1 aromatic rings. The Bertz CT molecular complexity index is 533. The topological polar surface area (TPSA) is 93.7 Å². The van der Waals surface area contributed by atoms with Gasteiger partial charge in [0.05, 0.1) is 7.11 Å². The van der Waals surface area contributed by atoms with Crippen LogP contribution in [-0.2, 0) is 25.7 Å². The molecule has 7 nitrogen and oxygen atoms in total. The third-order valence-electron chi connectivity index (χ3n) is 3.27. The van der Waals surface area contributed by atoms with E-state index >= 15 is 0 Å². The predicted octanol–water partition coefficient (Wildman–Crippen LogP) is 1.76. The standard InChI is InChI=1S/C17H24N2O5/c1-3-4-10-14(16(21)23-2)19-15(20)11-18-17(22)24-12-13-8-6-5-7-9-13/h5-9,14H,3-4,10-12H2,1-2H3,(H,18,22)(H,19,20). The molecule has 0 aliphatic carbocycles. The highest BCUT2D eigenvalue weighted by Crippen LogP contribution is 2.02. The first-order valence-corrected chi connectivity index (χ1v) is 7.88. The summed E-state index contributed by atoms with van der Waals surface area (Å²) < 4.78 is 9.65. The Balaban J connectivity index is 2.32. The minimum atomic E-state index is -0.704.